The number of ether oxygens (including phenoxy) is 2. The van der Waals surface area contributed by atoms with Gasteiger partial charge >= 0.3 is 11.9 Å². The molecule has 0 unspecified atom stereocenters. The van der Waals surface area contributed by atoms with Crippen molar-refractivity contribution in [1.82, 2.24) is 0 Å². The molecule has 0 heterocycles. The summed E-state index contributed by atoms with van der Waals surface area (Å²) >= 11 is 0. The largest absolute Gasteiger partial charge is 0.459 e. The molecule has 35 heavy (non-hydrogen) atoms. The lowest BCUT2D eigenvalue weighted by Gasteiger charge is -2.62. The first-order chi connectivity index (χ1) is 16.5. The Morgan fingerprint density at radius 3 is 2.06 bits per heavy atom. The van der Waals surface area contributed by atoms with Crippen molar-refractivity contribution in [2.24, 2.45) is 52.3 Å². The SMILES string of the molecule is CC(=O)O[C@@H]1[C@H](OC(C)=O)CC[C@]2(C)[C@@H]3CC[C@]4(C)[C@H](CC[C@@H]4[C@H](C)CCCC(C)C)[C@H]3CC[C@@H]12. The predicted molar refractivity (Wildman–Crippen MR) is 140 cm³/mol. The number of carbonyl (C=O) groups is 2. The van der Waals surface area contributed by atoms with Crippen molar-refractivity contribution in [3.05, 3.63) is 0 Å². The van der Waals surface area contributed by atoms with Gasteiger partial charge in [-0.15, -0.1) is 0 Å². The van der Waals surface area contributed by atoms with E-state index in [9.17, 15) is 9.59 Å². The summed E-state index contributed by atoms with van der Waals surface area (Å²) in [4.78, 5) is 23.8. The lowest BCUT2D eigenvalue weighted by atomic mass is 9.44. The second-order valence-corrected chi connectivity index (χ2v) is 13.9. The number of fused-ring (bicyclic) bond motifs is 5. The van der Waals surface area contributed by atoms with E-state index in [2.05, 4.69) is 34.6 Å². The summed E-state index contributed by atoms with van der Waals surface area (Å²) in [5, 5.41) is 0. The molecular formula is C31H52O4. The van der Waals surface area contributed by atoms with Crippen LogP contribution in [0.3, 0.4) is 0 Å². The van der Waals surface area contributed by atoms with E-state index in [-0.39, 0.29) is 29.6 Å². The van der Waals surface area contributed by atoms with Gasteiger partial charge in [0.05, 0.1) is 0 Å². The molecule has 0 spiro atoms. The van der Waals surface area contributed by atoms with E-state index < -0.39 is 0 Å². The molecule has 4 rings (SSSR count). The summed E-state index contributed by atoms with van der Waals surface area (Å²) in [5.74, 6) is 4.64. The molecule has 200 valence electrons. The molecule has 4 aliphatic carbocycles. The molecule has 0 bridgehead atoms. The summed E-state index contributed by atoms with van der Waals surface area (Å²) in [6.07, 6.45) is 13.2. The van der Waals surface area contributed by atoms with E-state index in [1.54, 1.807) is 0 Å². The molecule has 0 N–H and O–H groups in total. The van der Waals surface area contributed by atoms with Gasteiger partial charge in [0.15, 0.2) is 0 Å². The number of rotatable bonds is 7. The minimum absolute atomic E-state index is 0.169. The zero-order chi connectivity index (χ0) is 25.5. The summed E-state index contributed by atoms with van der Waals surface area (Å²) in [5.41, 5.74) is 0.661. The standard InChI is InChI=1S/C31H52O4/c1-19(2)9-8-10-20(3)24-13-14-25-23-11-12-27-29(35-22(5)33)28(34-21(4)32)16-18-31(27,7)26(23)15-17-30(24,25)6/h19-20,23-29H,8-18H2,1-7H3/t20-,23-,24-,25-,26-,27+,28-,29+,30+,31-/m1/s1. The molecule has 4 saturated carbocycles. The fraction of sp³-hybridized carbons (Fsp3) is 0.935. The van der Waals surface area contributed by atoms with E-state index in [1.165, 1.54) is 65.2 Å². The molecule has 0 saturated heterocycles. The van der Waals surface area contributed by atoms with Crippen LogP contribution >= 0.6 is 0 Å². The molecule has 0 radical (unpaired) electrons. The Balaban J connectivity index is 1.50. The maximum atomic E-state index is 12.0. The predicted octanol–water partition coefficient (Wildman–Crippen LogP) is 7.58. The second kappa shape index (κ2) is 10.4. The van der Waals surface area contributed by atoms with E-state index >= 15 is 0 Å². The van der Waals surface area contributed by atoms with Crippen molar-refractivity contribution in [2.45, 2.75) is 131 Å². The molecule has 4 aliphatic rings. The minimum atomic E-state index is -0.290. The van der Waals surface area contributed by atoms with Crippen LogP contribution in [0.5, 0.6) is 0 Å². The molecule has 0 aromatic heterocycles. The fourth-order valence-electron chi connectivity index (χ4n) is 9.99. The van der Waals surface area contributed by atoms with Crippen LogP contribution in [0.1, 0.15) is 119 Å². The summed E-state index contributed by atoms with van der Waals surface area (Å²) in [7, 11) is 0. The Labute approximate surface area is 214 Å². The van der Waals surface area contributed by atoms with Gasteiger partial charge in [-0.05, 0) is 97.7 Å². The Bertz CT molecular complexity index is 776. The molecule has 4 nitrogen and oxygen atoms in total. The third-order valence-corrected chi connectivity index (χ3v) is 11.5. The number of esters is 2. The summed E-state index contributed by atoms with van der Waals surface area (Å²) in [6.45, 7) is 15.3. The van der Waals surface area contributed by atoms with Gasteiger partial charge in [0.2, 0.25) is 0 Å². The molecule has 0 aromatic rings. The zero-order valence-corrected chi connectivity index (χ0v) is 23.6. The highest BCUT2D eigenvalue weighted by Gasteiger charge is 2.63. The molecule has 0 aromatic carbocycles. The van der Waals surface area contributed by atoms with Gasteiger partial charge in [0.1, 0.15) is 12.2 Å². The van der Waals surface area contributed by atoms with Gasteiger partial charge in [-0.2, -0.15) is 0 Å². The van der Waals surface area contributed by atoms with E-state index in [1.807, 2.05) is 0 Å². The average Bonchev–Trinajstić information content (AvgIpc) is 3.12. The van der Waals surface area contributed by atoms with E-state index in [4.69, 9.17) is 9.47 Å². The van der Waals surface area contributed by atoms with Gasteiger partial charge in [0.25, 0.3) is 0 Å². The van der Waals surface area contributed by atoms with Crippen molar-refractivity contribution in [2.75, 3.05) is 0 Å². The van der Waals surface area contributed by atoms with Gasteiger partial charge < -0.3 is 9.47 Å². The smallest absolute Gasteiger partial charge is 0.303 e. The van der Waals surface area contributed by atoms with Gasteiger partial charge in [0, 0.05) is 19.8 Å². The monoisotopic (exact) mass is 488 g/mol. The third kappa shape index (κ3) is 5.06. The Kier molecular flexibility index (Phi) is 7.99. The molecule has 4 fully saturated rings. The fourth-order valence-corrected chi connectivity index (χ4v) is 9.99. The van der Waals surface area contributed by atoms with Gasteiger partial charge in [-0.1, -0.05) is 53.9 Å². The van der Waals surface area contributed by atoms with Gasteiger partial charge in [-0.25, -0.2) is 0 Å². The van der Waals surface area contributed by atoms with Crippen LogP contribution in [-0.4, -0.2) is 24.1 Å². The molecule has 0 amide bonds. The first kappa shape index (κ1) is 27.0. The average molecular weight is 489 g/mol. The lowest BCUT2D eigenvalue weighted by molar-refractivity contribution is -0.205. The maximum absolute atomic E-state index is 12.0. The van der Waals surface area contributed by atoms with E-state index in [0.29, 0.717) is 17.3 Å². The van der Waals surface area contributed by atoms with Crippen LogP contribution in [0, 0.1) is 52.3 Å². The highest BCUT2D eigenvalue weighted by Crippen LogP contribution is 2.68. The highest BCUT2D eigenvalue weighted by atomic mass is 16.6. The lowest BCUT2D eigenvalue weighted by Crippen LogP contribution is -2.59. The van der Waals surface area contributed by atoms with Crippen LogP contribution in [0.15, 0.2) is 0 Å². The second-order valence-electron chi connectivity index (χ2n) is 13.9. The number of hydrogen-bond acceptors (Lipinski definition) is 4. The first-order valence-electron chi connectivity index (χ1n) is 14.8. The van der Waals surface area contributed by atoms with Crippen LogP contribution in [0.4, 0.5) is 0 Å². The van der Waals surface area contributed by atoms with Crippen LogP contribution in [0.25, 0.3) is 0 Å². The summed E-state index contributed by atoms with van der Waals surface area (Å²) < 4.78 is 11.6. The van der Waals surface area contributed by atoms with Crippen molar-refractivity contribution in [3.8, 4) is 0 Å². The molecule has 4 heteroatoms. The van der Waals surface area contributed by atoms with Crippen LogP contribution in [-0.2, 0) is 19.1 Å². The zero-order valence-electron chi connectivity index (χ0n) is 23.6. The Morgan fingerprint density at radius 1 is 0.771 bits per heavy atom. The molecular weight excluding hydrogens is 436 g/mol. The number of carbonyl (C=O) groups excluding carboxylic acids is 2. The third-order valence-electron chi connectivity index (χ3n) is 11.5. The van der Waals surface area contributed by atoms with Crippen molar-refractivity contribution in [1.29, 1.82) is 0 Å². The quantitative estimate of drug-likeness (QED) is 0.347. The highest BCUT2D eigenvalue weighted by molar-refractivity contribution is 5.67. The number of hydrogen-bond donors (Lipinski definition) is 0. The van der Waals surface area contributed by atoms with Crippen LogP contribution in [0.2, 0.25) is 0 Å². The Morgan fingerprint density at radius 2 is 1.40 bits per heavy atom. The molecule has 0 aliphatic heterocycles. The Hall–Kier alpha value is -1.06. The van der Waals surface area contributed by atoms with Crippen LogP contribution < -0.4 is 0 Å². The maximum Gasteiger partial charge on any atom is 0.303 e. The van der Waals surface area contributed by atoms with E-state index in [0.717, 1.165) is 48.9 Å². The first-order valence-corrected chi connectivity index (χ1v) is 14.8. The van der Waals surface area contributed by atoms with Crippen molar-refractivity contribution < 1.29 is 19.1 Å². The van der Waals surface area contributed by atoms with Gasteiger partial charge in [-0.3, -0.25) is 9.59 Å². The molecule has 10 atom stereocenters. The van der Waals surface area contributed by atoms with Crippen molar-refractivity contribution >= 4 is 11.9 Å². The normalized spacial score (nSPS) is 43.6. The van der Waals surface area contributed by atoms with Crippen molar-refractivity contribution in [3.63, 3.8) is 0 Å². The topological polar surface area (TPSA) is 52.6 Å². The summed E-state index contributed by atoms with van der Waals surface area (Å²) in [6, 6.07) is 0. The minimum Gasteiger partial charge on any atom is -0.459 e.